The Morgan fingerprint density at radius 3 is 2.11 bits per heavy atom. The van der Waals surface area contributed by atoms with Crippen LogP contribution in [0.25, 0.3) is 0 Å². The van der Waals surface area contributed by atoms with Gasteiger partial charge in [0.1, 0.15) is 0 Å². The van der Waals surface area contributed by atoms with Crippen LogP contribution in [0.1, 0.15) is 47.0 Å². The van der Waals surface area contributed by atoms with E-state index in [-0.39, 0.29) is 12.1 Å². The lowest BCUT2D eigenvalue weighted by atomic mass is 10.2. The van der Waals surface area contributed by atoms with Gasteiger partial charge in [-0.05, 0) is 31.8 Å². The van der Waals surface area contributed by atoms with Gasteiger partial charge < -0.3 is 4.52 Å². The topological polar surface area (TPSA) is 72.8 Å². The molecule has 0 aliphatic heterocycles. The average Bonchev–Trinajstić information content (AvgIpc) is 2.29. The van der Waals surface area contributed by atoms with Crippen LogP contribution in [0.4, 0.5) is 0 Å². The lowest BCUT2D eigenvalue weighted by molar-refractivity contribution is 0.307. The molecule has 0 radical (unpaired) electrons. The molecule has 0 saturated heterocycles. The molecule has 0 bridgehead atoms. The van der Waals surface area contributed by atoms with Crippen LogP contribution >= 0.6 is 15.6 Å². The van der Waals surface area contributed by atoms with E-state index in [9.17, 15) is 9.13 Å². The zero-order valence-corrected chi connectivity index (χ0v) is 13.3. The Morgan fingerprint density at radius 2 is 1.78 bits per heavy atom. The third-order valence-electron chi connectivity index (χ3n) is 2.49. The van der Waals surface area contributed by atoms with Crippen LogP contribution < -0.4 is 0 Å². The molecule has 2 unspecified atom stereocenters. The summed E-state index contributed by atoms with van der Waals surface area (Å²) in [7, 11) is -5.99. The van der Waals surface area contributed by atoms with Crippen LogP contribution in [0.15, 0.2) is 11.1 Å². The van der Waals surface area contributed by atoms with Crippen molar-refractivity contribution in [2.45, 2.75) is 47.0 Å². The van der Waals surface area contributed by atoms with E-state index in [1.165, 1.54) is 0 Å². The van der Waals surface area contributed by atoms with Crippen LogP contribution in [0.5, 0.6) is 0 Å². The summed E-state index contributed by atoms with van der Waals surface area (Å²) in [5.74, 6) is 0. The predicted molar refractivity (Wildman–Crippen MR) is 72.9 cm³/mol. The van der Waals surface area contributed by atoms with Crippen molar-refractivity contribution in [1.29, 1.82) is 0 Å². The molecule has 0 aliphatic rings. The van der Waals surface area contributed by atoms with E-state index in [1.807, 2.05) is 20.8 Å². The van der Waals surface area contributed by atoms with Gasteiger partial charge in [0, 0.05) is 10.7 Å². The molecule has 0 amide bonds. The van der Waals surface area contributed by atoms with Crippen molar-refractivity contribution < 1.29 is 23.1 Å². The van der Waals surface area contributed by atoms with E-state index in [4.69, 9.17) is 13.9 Å². The number of hydrogen-bond donors (Lipinski definition) is 1. The van der Waals surface area contributed by atoms with Crippen molar-refractivity contribution in [3.8, 4) is 0 Å². The molecule has 0 saturated carbocycles. The molecule has 0 heterocycles. The van der Waals surface area contributed by atoms with Crippen molar-refractivity contribution in [3.05, 3.63) is 11.1 Å². The summed E-state index contributed by atoms with van der Waals surface area (Å²) in [5, 5.41) is 0. The van der Waals surface area contributed by atoms with Gasteiger partial charge in [-0.15, -0.1) is 4.89 Å². The normalized spacial score (nSPS) is 14.8. The zero-order valence-electron chi connectivity index (χ0n) is 11.5. The first-order valence-electron chi connectivity index (χ1n) is 6.25. The summed E-state index contributed by atoms with van der Waals surface area (Å²) >= 11 is 0. The highest BCUT2D eigenvalue weighted by molar-refractivity contribution is 7.63. The van der Waals surface area contributed by atoms with Crippen LogP contribution in [0, 0.1) is 0 Å². The fourth-order valence-corrected chi connectivity index (χ4v) is 4.96. The van der Waals surface area contributed by atoms with Gasteiger partial charge in [0.05, 0.1) is 6.61 Å². The van der Waals surface area contributed by atoms with Gasteiger partial charge in [-0.25, -0.2) is 4.52 Å². The fourth-order valence-electron chi connectivity index (χ4n) is 1.72. The molecule has 7 heteroatoms. The van der Waals surface area contributed by atoms with Crippen LogP contribution in [-0.2, 0) is 18.2 Å². The molecule has 5 nitrogen and oxygen atoms in total. The molecule has 1 N–H and O–H groups in total. The molecule has 106 valence electrons. The summed E-state index contributed by atoms with van der Waals surface area (Å²) in [6.45, 7) is 7.72. The Bertz CT molecular complexity index is 335. The summed E-state index contributed by atoms with van der Waals surface area (Å²) in [4.78, 5) is 8.94. The molecular formula is C11H23O5P2+. The first kappa shape index (κ1) is 17.8. The van der Waals surface area contributed by atoms with Crippen molar-refractivity contribution in [2.75, 3.05) is 12.8 Å². The highest BCUT2D eigenvalue weighted by atomic mass is 31.2. The van der Waals surface area contributed by atoms with Gasteiger partial charge in [0.25, 0.3) is 12.9 Å². The third-order valence-corrected chi connectivity index (χ3v) is 5.71. The van der Waals surface area contributed by atoms with Gasteiger partial charge in [-0.2, -0.15) is 0 Å². The maximum absolute atomic E-state index is 12.8. The zero-order chi connectivity index (χ0) is 14.2. The van der Waals surface area contributed by atoms with E-state index in [0.717, 1.165) is 5.57 Å². The molecule has 0 spiro atoms. The molecule has 2 atom stereocenters. The van der Waals surface area contributed by atoms with E-state index >= 15 is 0 Å². The predicted octanol–water partition coefficient (Wildman–Crippen LogP) is 4.41. The van der Waals surface area contributed by atoms with E-state index < -0.39 is 15.6 Å². The Morgan fingerprint density at radius 1 is 1.22 bits per heavy atom. The second-order valence-electron chi connectivity index (χ2n) is 3.76. The third kappa shape index (κ3) is 5.19. The van der Waals surface area contributed by atoms with Gasteiger partial charge >= 0.3 is 8.25 Å². The maximum atomic E-state index is 12.8. The summed E-state index contributed by atoms with van der Waals surface area (Å²) in [6, 6.07) is 0. The average molecular weight is 297 g/mol. The van der Waals surface area contributed by atoms with E-state index in [0.29, 0.717) is 25.4 Å². The van der Waals surface area contributed by atoms with Crippen molar-refractivity contribution in [1.82, 2.24) is 0 Å². The highest BCUT2D eigenvalue weighted by Crippen LogP contribution is 2.59. The van der Waals surface area contributed by atoms with Crippen molar-refractivity contribution >= 4 is 15.6 Å². The van der Waals surface area contributed by atoms with Crippen LogP contribution in [0.3, 0.4) is 0 Å². The molecule has 0 aromatic heterocycles. The number of allylic oxidation sites excluding steroid dienone is 1. The van der Waals surface area contributed by atoms with Crippen molar-refractivity contribution in [2.24, 2.45) is 0 Å². The first-order chi connectivity index (χ1) is 8.45. The standard InChI is InChI=1S/C11H22O5P2/c1-5-9-18(14,15-8-4)11(16-17(12)13)10(6-2)7-3/h5-9H2,1-4H3/p+1. The Balaban J connectivity index is 5.56. The minimum Gasteiger partial charge on any atom is -0.323 e. The van der Waals surface area contributed by atoms with Gasteiger partial charge in [-0.3, -0.25) is 4.57 Å². The second-order valence-corrected chi connectivity index (χ2v) is 6.88. The Kier molecular flexibility index (Phi) is 8.71. The number of hydrogen-bond acceptors (Lipinski definition) is 4. The fraction of sp³-hybridized carbons (Fsp3) is 0.818. The first-order valence-corrected chi connectivity index (χ1v) is 9.19. The van der Waals surface area contributed by atoms with Crippen LogP contribution in [-0.4, -0.2) is 17.7 Å². The second kappa shape index (κ2) is 8.82. The van der Waals surface area contributed by atoms with Crippen LogP contribution in [0.2, 0.25) is 0 Å². The molecule has 0 rings (SSSR count). The minimum atomic E-state index is -3.16. The summed E-state index contributed by atoms with van der Waals surface area (Å²) in [6.07, 6.45) is 2.22. The molecule has 0 aromatic carbocycles. The van der Waals surface area contributed by atoms with Gasteiger partial charge in [0.15, 0.2) is 0 Å². The highest BCUT2D eigenvalue weighted by Gasteiger charge is 2.37. The minimum absolute atomic E-state index is 0.0970. The molecule has 0 aromatic rings. The van der Waals surface area contributed by atoms with Gasteiger partial charge in [0.2, 0.25) is 0 Å². The maximum Gasteiger partial charge on any atom is 0.747 e. The molecular weight excluding hydrogens is 274 g/mol. The van der Waals surface area contributed by atoms with Gasteiger partial charge in [-0.1, -0.05) is 20.8 Å². The van der Waals surface area contributed by atoms with Crippen molar-refractivity contribution in [3.63, 3.8) is 0 Å². The summed E-state index contributed by atoms with van der Waals surface area (Å²) in [5.41, 5.74) is 0.873. The smallest absolute Gasteiger partial charge is 0.323 e. The molecule has 0 aliphatic carbocycles. The van der Waals surface area contributed by atoms with E-state index in [2.05, 4.69) is 0 Å². The monoisotopic (exact) mass is 297 g/mol. The SMILES string of the molecule is CCCP(=O)(OCC)C(O[P+](=O)O)=C(CC)CC. The quantitative estimate of drug-likeness (QED) is 0.504. The van der Waals surface area contributed by atoms with E-state index in [1.54, 1.807) is 6.92 Å². The molecule has 0 fully saturated rings. The summed E-state index contributed by atoms with van der Waals surface area (Å²) < 4.78 is 34.0. The largest absolute Gasteiger partial charge is 0.747 e. The lowest BCUT2D eigenvalue weighted by Crippen LogP contribution is -2.02. The lowest BCUT2D eigenvalue weighted by Gasteiger charge is -2.18. The molecule has 18 heavy (non-hydrogen) atoms. The Labute approximate surface area is 110 Å². The number of rotatable bonds is 9. The Hall–Kier alpha value is -0.210.